The van der Waals surface area contributed by atoms with Gasteiger partial charge in [-0.3, -0.25) is 4.90 Å². The molecule has 0 bridgehead atoms. The van der Waals surface area contributed by atoms with Crippen molar-refractivity contribution in [1.29, 1.82) is 0 Å². The number of nitrogens with one attached hydrogen (secondary N) is 1. The third-order valence-corrected chi connectivity index (χ3v) is 6.57. The quantitative estimate of drug-likeness (QED) is 0.923. The summed E-state index contributed by atoms with van der Waals surface area (Å²) < 4.78 is 0. The van der Waals surface area contributed by atoms with Crippen LogP contribution in [0.2, 0.25) is 0 Å². The highest BCUT2D eigenvalue weighted by molar-refractivity contribution is 7.11. The Labute approximate surface area is 133 Å². The van der Waals surface area contributed by atoms with Crippen molar-refractivity contribution in [2.24, 2.45) is 5.92 Å². The van der Waals surface area contributed by atoms with Gasteiger partial charge >= 0.3 is 0 Å². The lowest BCUT2D eigenvalue weighted by Gasteiger charge is -2.41. The maximum absolute atomic E-state index is 4.61. The van der Waals surface area contributed by atoms with Crippen molar-refractivity contribution in [3.05, 3.63) is 15.6 Å². The fraction of sp³-hybridized carbons (Fsp3) is 0.824. The molecule has 2 fully saturated rings. The number of piperazine rings is 1. The predicted octanol–water partition coefficient (Wildman–Crippen LogP) is 3.68. The van der Waals surface area contributed by atoms with Crippen molar-refractivity contribution in [2.75, 3.05) is 19.6 Å². The van der Waals surface area contributed by atoms with Gasteiger partial charge in [-0.1, -0.05) is 19.3 Å². The van der Waals surface area contributed by atoms with Crippen molar-refractivity contribution in [2.45, 2.75) is 65.0 Å². The molecule has 4 heteroatoms. The Kier molecular flexibility index (Phi) is 4.97. The summed E-state index contributed by atoms with van der Waals surface area (Å²) in [7, 11) is 0. The molecule has 3 nitrogen and oxygen atoms in total. The van der Waals surface area contributed by atoms with E-state index in [4.69, 9.17) is 0 Å². The Morgan fingerprint density at radius 2 is 2.00 bits per heavy atom. The lowest BCUT2D eigenvalue weighted by Crippen LogP contribution is -2.54. The second kappa shape index (κ2) is 6.76. The molecule has 21 heavy (non-hydrogen) atoms. The van der Waals surface area contributed by atoms with E-state index in [1.54, 1.807) is 0 Å². The van der Waals surface area contributed by atoms with Crippen LogP contribution in [0.25, 0.3) is 0 Å². The lowest BCUT2D eigenvalue weighted by molar-refractivity contribution is 0.116. The minimum absolute atomic E-state index is 0.518. The van der Waals surface area contributed by atoms with E-state index in [2.05, 4.69) is 36.0 Å². The molecule has 0 radical (unpaired) electrons. The van der Waals surface area contributed by atoms with Crippen LogP contribution in [0.5, 0.6) is 0 Å². The number of aryl methyl sites for hydroxylation is 2. The highest BCUT2D eigenvalue weighted by Crippen LogP contribution is 2.32. The van der Waals surface area contributed by atoms with Crippen LogP contribution in [0, 0.1) is 19.8 Å². The average Bonchev–Trinajstić information content (AvgIpc) is 2.86. The zero-order chi connectivity index (χ0) is 14.8. The topological polar surface area (TPSA) is 28.2 Å². The maximum Gasteiger partial charge on any atom is 0.0900 e. The number of nitrogens with zero attached hydrogens (tertiary/aromatic N) is 2. The summed E-state index contributed by atoms with van der Waals surface area (Å²) in [6.45, 7) is 10.2. The van der Waals surface area contributed by atoms with Crippen LogP contribution in [0.4, 0.5) is 0 Å². The first-order chi connectivity index (χ1) is 10.1. The van der Waals surface area contributed by atoms with Gasteiger partial charge in [0.25, 0.3) is 0 Å². The third kappa shape index (κ3) is 3.49. The molecule has 1 aliphatic heterocycles. The van der Waals surface area contributed by atoms with E-state index in [0.29, 0.717) is 12.1 Å². The van der Waals surface area contributed by atoms with Gasteiger partial charge in [-0.15, -0.1) is 11.3 Å². The summed E-state index contributed by atoms with van der Waals surface area (Å²) in [5, 5.41) is 4.99. The first-order valence-corrected chi connectivity index (χ1v) is 9.38. The summed E-state index contributed by atoms with van der Waals surface area (Å²) in [6.07, 6.45) is 7.18. The minimum atomic E-state index is 0.518. The molecule has 3 rings (SSSR count). The molecule has 1 aliphatic carbocycles. The molecule has 1 N–H and O–H groups in total. The largest absolute Gasteiger partial charge is 0.311 e. The molecule has 1 saturated carbocycles. The number of rotatable bonds is 3. The molecule has 118 valence electrons. The Bertz CT molecular complexity index is 465. The highest BCUT2D eigenvalue weighted by Gasteiger charge is 2.31. The summed E-state index contributed by atoms with van der Waals surface area (Å²) in [4.78, 5) is 8.76. The van der Waals surface area contributed by atoms with Gasteiger partial charge in [-0.25, -0.2) is 4.98 Å². The molecule has 1 saturated heterocycles. The molecular formula is C17H29N3S. The van der Waals surface area contributed by atoms with Crippen molar-refractivity contribution in [3.63, 3.8) is 0 Å². The third-order valence-electron chi connectivity index (χ3n) is 5.32. The normalized spacial score (nSPS) is 26.9. The van der Waals surface area contributed by atoms with Crippen LogP contribution in [-0.2, 0) is 0 Å². The summed E-state index contributed by atoms with van der Waals surface area (Å²) in [6, 6.07) is 1.22. The molecule has 2 aliphatic rings. The Balaban J connectivity index is 1.66. The second-order valence-electron chi connectivity index (χ2n) is 6.81. The van der Waals surface area contributed by atoms with Crippen LogP contribution in [-0.4, -0.2) is 35.6 Å². The first kappa shape index (κ1) is 15.4. The van der Waals surface area contributed by atoms with Crippen LogP contribution < -0.4 is 5.32 Å². The smallest absolute Gasteiger partial charge is 0.0900 e. The SMILES string of the molecule is Cc1nc(C)c(C(C)N2CCNC(C3CCCCC3)C2)s1. The van der Waals surface area contributed by atoms with Gasteiger partial charge in [0.15, 0.2) is 0 Å². The Morgan fingerprint density at radius 3 is 2.67 bits per heavy atom. The zero-order valence-electron chi connectivity index (χ0n) is 13.7. The van der Waals surface area contributed by atoms with Crippen LogP contribution in [0.15, 0.2) is 0 Å². The molecule has 1 aromatic rings. The summed E-state index contributed by atoms with van der Waals surface area (Å²) in [5.74, 6) is 0.901. The van der Waals surface area contributed by atoms with Crippen LogP contribution in [0.3, 0.4) is 0 Å². The molecular weight excluding hydrogens is 278 g/mol. The van der Waals surface area contributed by atoms with Crippen molar-refractivity contribution in [1.82, 2.24) is 15.2 Å². The average molecular weight is 308 g/mol. The molecule has 2 unspecified atom stereocenters. The zero-order valence-corrected chi connectivity index (χ0v) is 14.5. The molecule has 0 aromatic carbocycles. The highest BCUT2D eigenvalue weighted by atomic mass is 32.1. The summed E-state index contributed by atoms with van der Waals surface area (Å²) >= 11 is 1.88. The molecule has 0 amide bonds. The van der Waals surface area contributed by atoms with Gasteiger partial charge in [0.1, 0.15) is 0 Å². The Morgan fingerprint density at radius 1 is 1.24 bits per heavy atom. The maximum atomic E-state index is 4.61. The number of aromatic nitrogens is 1. The van der Waals surface area contributed by atoms with E-state index in [1.165, 1.54) is 60.8 Å². The van der Waals surface area contributed by atoms with E-state index in [9.17, 15) is 0 Å². The van der Waals surface area contributed by atoms with Gasteiger partial charge in [0.05, 0.1) is 10.7 Å². The second-order valence-corrected chi connectivity index (χ2v) is 8.05. The van der Waals surface area contributed by atoms with E-state index < -0.39 is 0 Å². The standard InChI is InChI=1S/C17H29N3S/c1-12-17(21-14(3)19-12)13(2)20-10-9-18-16(11-20)15-7-5-4-6-8-15/h13,15-16,18H,4-11H2,1-3H3. The van der Waals surface area contributed by atoms with Crippen molar-refractivity contribution < 1.29 is 0 Å². The van der Waals surface area contributed by atoms with Crippen LogP contribution >= 0.6 is 11.3 Å². The van der Waals surface area contributed by atoms with Gasteiger partial charge in [-0.2, -0.15) is 0 Å². The summed E-state index contributed by atoms with van der Waals surface area (Å²) in [5.41, 5.74) is 1.23. The van der Waals surface area contributed by atoms with Gasteiger partial charge in [0, 0.05) is 36.6 Å². The Hall–Kier alpha value is -0.450. The fourth-order valence-electron chi connectivity index (χ4n) is 4.11. The van der Waals surface area contributed by atoms with E-state index >= 15 is 0 Å². The molecule has 2 heterocycles. The van der Waals surface area contributed by atoms with Gasteiger partial charge in [-0.05, 0) is 39.5 Å². The monoisotopic (exact) mass is 307 g/mol. The van der Waals surface area contributed by atoms with Crippen molar-refractivity contribution >= 4 is 11.3 Å². The molecule has 1 aromatic heterocycles. The van der Waals surface area contributed by atoms with Crippen molar-refractivity contribution in [3.8, 4) is 0 Å². The fourth-order valence-corrected chi connectivity index (χ4v) is 5.12. The predicted molar refractivity (Wildman–Crippen MR) is 89.9 cm³/mol. The van der Waals surface area contributed by atoms with E-state index in [-0.39, 0.29) is 0 Å². The van der Waals surface area contributed by atoms with Gasteiger partial charge < -0.3 is 5.32 Å². The van der Waals surface area contributed by atoms with Crippen LogP contribution in [0.1, 0.15) is 60.6 Å². The molecule has 2 atom stereocenters. The van der Waals surface area contributed by atoms with Gasteiger partial charge in [0.2, 0.25) is 0 Å². The first-order valence-electron chi connectivity index (χ1n) is 8.56. The number of thiazole rings is 1. The van der Waals surface area contributed by atoms with E-state index in [1.807, 2.05) is 11.3 Å². The number of hydrogen-bond acceptors (Lipinski definition) is 4. The minimum Gasteiger partial charge on any atom is -0.311 e. The molecule has 0 spiro atoms. The lowest BCUT2D eigenvalue weighted by atomic mass is 9.83. The number of hydrogen-bond donors (Lipinski definition) is 1. The van der Waals surface area contributed by atoms with E-state index in [0.717, 1.165) is 12.5 Å².